The highest BCUT2D eigenvalue weighted by molar-refractivity contribution is 7.89. The molecule has 0 aliphatic carbocycles. The zero-order chi connectivity index (χ0) is 16.7. The second kappa shape index (κ2) is 5.57. The SMILES string of the molecule is COc1ccc(S(=O)(=O)N2CCc3c(cnc4[nH]ncc34)C2)cc1. The van der Waals surface area contributed by atoms with E-state index in [4.69, 9.17) is 4.74 Å². The molecule has 2 aromatic heterocycles. The molecule has 0 fully saturated rings. The summed E-state index contributed by atoms with van der Waals surface area (Å²) in [7, 11) is -1.99. The number of sulfonamides is 1. The molecule has 4 rings (SSSR count). The minimum absolute atomic E-state index is 0.268. The predicted octanol–water partition coefficient (Wildman–Crippen LogP) is 1.71. The van der Waals surface area contributed by atoms with Gasteiger partial charge < -0.3 is 4.74 Å². The van der Waals surface area contributed by atoms with Crippen molar-refractivity contribution in [3.05, 3.63) is 47.8 Å². The first-order chi connectivity index (χ1) is 11.6. The normalized spacial score (nSPS) is 15.4. The maximum absolute atomic E-state index is 12.9. The third-order valence-corrected chi connectivity index (χ3v) is 6.20. The Bertz CT molecular complexity index is 996. The number of hydrogen-bond donors (Lipinski definition) is 1. The van der Waals surface area contributed by atoms with Gasteiger partial charge in [-0.3, -0.25) is 5.10 Å². The van der Waals surface area contributed by atoms with Crippen molar-refractivity contribution in [3.63, 3.8) is 0 Å². The van der Waals surface area contributed by atoms with Gasteiger partial charge in [-0.15, -0.1) is 0 Å². The van der Waals surface area contributed by atoms with Crippen LogP contribution in [-0.2, 0) is 23.0 Å². The first kappa shape index (κ1) is 15.1. The molecule has 0 saturated heterocycles. The van der Waals surface area contributed by atoms with Crippen molar-refractivity contribution >= 4 is 21.1 Å². The van der Waals surface area contributed by atoms with Gasteiger partial charge in [0, 0.05) is 24.7 Å². The third-order valence-electron chi connectivity index (χ3n) is 4.34. The van der Waals surface area contributed by atoms with Gasteiger partial charge in [-0.05, 0) is 41.8 Å². The molecule has 1 aromatic carbocycles. The molecule has 8 heteroatoms. The Balaban J connectivity index is 1.67. The molecule has 0 saturated carbocycles. The molecule has 3 heterocycles. The predicted molar refractivity (Wildman–Crippen MR) is 88.2 cm³/mol. The lowest BCUT2D eigenvalue weighted by atomic mass is 10.0. The van der Waals surface area contributed by atoms with Crippen LogP contribution in [0.3, 0.4) is 0 Å². The fourth-order valence-electron chi connectivity index (χ4n) is 3.03. The molecule has 0 unspecified atom stereocenters. The van der Waals surface area contributed by atoms with Gasteiger partial charge in [-0.2, -0.15) is 9.40 Å². The summed E-state index contributed by atoms with van der Waals surface area (Å²) in [4.78, 5) is 4.58. The Labute approximate surface area is 139 Å². The number of nitrogens with one attached hydrogen (secondary N) is 1. The number of fused-ring (bicyclic) bond motifs is 3. The summed E-state index contributed by atoms with van der Waals surface area (Å²) in [5, 5.41) is 7.82. The van der Waals surface area contributed by atoms with Gasteiger partial charge in [0.2, 0.25) is 10.0 Å². The second-order valence-corrected chi connectivity index (χ2v) is 7.60. The molecular weight excluding hydrogens is 328 g/mol. The van der Waals surface area contributed by atoms with E-state index < -0.39 is 10.0 Å². The highest BCUT2D eigenvalue weighted by atomic mass is 32.2. The van der Waals surface area contributed by atoms with Crippen molar-refractivity contribution in [3.8, 4) is 5.75 Å². The molecule has 1 aliphatic heterocycles. The fourth-order valence-corrected chi connectivity index (χ4v) is 4.45. The first-order valence-electron chi connectivity index (χ1n) is 7.53. The van der Waals surface area contributed by atoms with E-state index in [0.29, 0.717) is 25.3 Å². The Morgan fingerprint density at radius 3 is 2.75 bits per heavy atom. The number of nitrogens with zero attached hydrogens (tertiary/aromatic N) is 3. The molecule has 24 heavy (non-hydrogen) atoms. The Morgan fingerprint density at radius 2 is 2.00 bits per heavy atom. The molecule has 0 spiro atoms. The largest absolute Gasteiger partial charge is 0.497 e. The highest BCUT2D eigenvalue weighted by Gasteiger charge is 2.29. The van der Waals surface area contributed by atoms with Crippen LogP contribution in [0.4, 0.5) is 0 Å². The molecule has 7 nitrogen and oxygen atoms in total. The average Bonchev–Trinajstić information content (AvgIpc) is 3.10. The number of benzene rings is 1. The standard InChI is InChI=1S/C16H16N4O3S/c1-23-12-2-4-13(5-3-12)24(21,22)20-7-6-14-11(10-20)8-17-16-15(14)9-18-19-16/h2-5,8-9H,6-7,10H2,1H3,(H,17,18,19). The van der Waals surface area contributed by atoms with Gasteiger partial charge in [0.25, 0.3) is 0 Å². The van der Waals surface area contributed by atoms with Gasteiger partial charge in [0.1, 0.15) is 5.75 Å². The van der Waals surface area contributed by atoms with E-state index in [9.17, 15) is 8.42 Å². The molecule has 124 valence electrons. The molecule has 0 radical (unpaired) electrons. The van der Waals surface area contributed by atoms with Gasteiger partial charge in [-0.25, -0.2) is 13.4 Å². The van der Waals surface area contributed by atoms with Crippen LogP contribution in [0.5, 0.6) is 5.75 Å². The third kappa shape index (κ3) is 2.35. The summed E-state index contributed by atoms with van der Waals surface area (Å²) in [6.07, 6.45) is 4.11. The molecule has 1 aliphatic rings. The summed E-state index contributed by atoms with van der Waals surface area (Å²) in [6.45, 7) is 0.753. The number of hydrogen-bond acceptors (Lipinski definition) is 5. The van der Waals surface area contributed by atoms with Gasteiger partial charge in [0.05, 0.1) is 18.2 Å². The molecule has 1 N–H and O–H groups in total. The quantitative estimate of drug-likeness (QED) is 0.781. The van der Waals surface area contributed by atoms with Crippen molar-refractivity contribution in [1.29, 1.82) is 0 Å². The van der Waals surface area contributed by atoms with E-state index in [0.717, 1.165) is 22.2 Å². The van der Waals surface area contributed by atoms with Gasteiger partial charge in [0.15, 0.2) is 5.65 Å². The van der Waals surface area contributed by atoms with Crippen LogP contribution in [0.1, 0.15) is 11.1 Å². The lowest BCUT2D eigenvalue weighted by Gasteiger charge is -2.28. The van der Waals surface area contributed by atoms with E-state index in [1.165, 1.54) is 4.31 Å². The molecule has 0 atom stereocenters. The molecule has 3 aromatic rings. The van der Waals surface area contributed by atoms with Crippen LogP contribution in [0.25, 0.3) is 11.0 Å². The van der Waals surface area contributed by atoms with Crippen LogP contribution in [0, 0.1) is 0 Å². The number of ether oxygens (including phenoxy) is 1. The average molecular weight is 344 g/mol. The van der Waals surface area contributed by atoms with E-state index in [-0.39, 0.29) is 4.90 Å². The lowest BCUT2D eigenvalue weighted by Crippen LogP contribution is -2.36. The van der Waals surface area contributed by atoms with Gasteiger partial charge in [-0.1, -0.05) is 0 Å². The number of pyridine rings is 1. The summed E-state index contributed by atoms with van der Waals surface area (Å²) >= 11 is 0. The van der Waals surface area contributed by atoms with E-state index in [1.807, 2.05) is 0 Å². The van der Waals surface area contributed by atoms with Crippen LogP contribution >= 0.6 is 0 Å². The Kier molecular flexibility index (Phi) is 3.50. The van der Waals surface area contributed by atoms with Crippen molar-refractivity contribution in [2.45, 2.75) is 17.9 Å². The van der Waals surface area contributed by atoms with Crippen LogP contribution in [0.2, 0.25) is 0 Å². The maximum atomic E-state index is 12.9. The number of rotatable bonds is 3. The van der Waals surface area contributed by atoms with Crippen molar-refractivity contribution < 1.29 is 13.2 Å². The van der Waals surface area contributed by atoms with Crippen LogP contribution < -0.4 is 4.74 Å². The number of aromatic nitrogens is 3. The molecule has 0 amide bonds. The summed E-state index contributed by atoms with van der Waals surface area (Å²) < 4.78 is 32.3. The fraction of sp³-hybridized carbons (Fsp3) is 0.250. The lowest BCUT2D eigenvalue weighted by molar-refractivity contribution is 0.391. The Hall–Kier alpha value is -2.45. The minimum atomic E-state index is -3.54. The summed E-state index contributed by atoms with van der Waals surface area (Å²) in [5.74, 6) is 0.629. The Morgan fingerprint density at radius 1 is 1.21 bits per heavy atom. The van der Waals surface area contributed by atoms with Crippen molar-refractivity contribution in [2.75, 3.05) is 13.7 Å². The number of methoxy groups -OCH3 is 1. The zero-order valence-corrected chi connectivity index (χ0v) is 13.9. The second-order valence-electron chi connectivity index (χ2n) is 5.66. The highest BCUT2D eigenvalue weighted by Crippen LogP contribution is 2.28. The van der Waals surface area contributed by atoms with E-state index >= 15 is 0 Å². The van der Waals surface area contributed by atoms with E-state index in [1.54, 1.807) is 43.8 Å². The molecular formula is C16H16N4O3S. The topological polar surface area (TPSA) is 88.2 Å². The smallest absolute Gasteiger partial charge is 0.243 e. The van der Waals surface area contributed by atoms with Crippen LogP contribution in [0.15, 0.2) is 41.6 Å². The van der Waals surface area contributed by atoms with E-state index in [2.05, 4.69) is 15.2 Å². The first-order valence-corrected chi connectivity index (χ1v) is 8.97. The summed E-state index contributed by atoms with van der Waals surface area (Å²) in [5.41, 5.74) is 2.78. The monoisotopic (exact) mass is 344 g/mol. The van der Waals surface area contributed by atoms with Crippen molar-refractivity contribution in [2.24, 2.45) is 0 Å². The van der Waals surface area contributed by atoms with Crippen molar-refractivity contribution in [1.82, 2.24) is 19.5 Å². The number of aromatic amines is 1. The zero-order valence-electron chi connectivity index (χ0n) is 13.1. The maximum Gasteiger partial charge on any atom is 0.243 e. The minimum Gasteiger partial charge on any atom is -0.497 e. The summed E-state index contributed by atoms with van der Waals surface area (Å²) in [6, 6.07) is 6.45. The van der Waals surface area contributed by atoms with Crippen LogP contribution in [-0.4, -0.2) is 41.6 Å². The molecule has 0 bridgehead atoms. The number of H-pyrrole nitrogens is 1. The van der Waals surface area contributed by atoms with Gasteiger partial charge >= 0.3 is 0 Å².